The Kier molecular flexibility index (Phi) is 6.67. The van der Waals surface area contributed by atoms with Crippen molar-refractivity contribution in [3.8, 4) is 16.9 Å². The number of morpholine rings is 1. The van der Waals surface area contributed by atoms with Gasteiger partial charge in [-0.2, -0.15) is 0 Å². The summed E-state index contributed by atoms with van der Waals surface area (Å²) >= 11 is 0. The van der Waals surface area contributed by atoms with E-state index in [4.69, 9.17) is 14.5 Å². The first kappa shape index (κ1) is 21.5. The molecule has 1 amide bonds. The predicted octanol–water partition coefficient (Wildman–Crippen LogP) is 2.21. The molecule has 2 saturated heterocycles. The molecule has 2 aliphatic rings. The van der Waals surface area contributed by atoms with Crippen LogP contribution in [0, 0.1) is 0 Å². The summed E-state index contributed by atoms with van der Waals surface area (Å²) in [5.74, 6) is 1.66. The van der Waals surface area contributed by atoms with Crippen LogP contribution in [0.2, 0.25) is 0 Å². The minimum Gasteiger partial charge on any atom is -0.497 e. The van der Waals surface area contributed by atoms with Crippen molar-refractivity contribution >= 4 is 11.9 Å². The number of likely N-dealkylation sites (tertiary alicyclic amines) is 1. The van der Waals surface area contributed by atoms with Gasteiger partial charge in [-0.25, -0.2) is 9.97 Å². The molecule has 1 aromatic carbocycles. The number of hydrogen-bond donors (Lipinski definition) is 0. The van der Waals surface area contributed by atoms with Gasteiger partial charge >= 0.3 is 0 Å². The molecule has 1 aromatic heterocycles. The van der Waals surface area contributed by atoms with Gasteiger partial charge in [-0.05, 0) is 30.5 Å². The van der Waals surface area contributed by atoms with E-state index in [1.165, 1.54) is 0 Å². The number of nitrogens with zero attached hydrogens (tertiary/aromatic N) is 5. The van der Waals surface area contributed by atoms with Crippen LogP contribution in [-0.4, -0.2) is 86.2 Å². The Morgan fingerprint density at radius 2 is 1.94 bits per heavy atom. The van der Waals surface area contributed by atoms with E-state index in [9.17, 15) is 4.79 Å². The van der Waals surface area contributed by atoms with Crippen LogP contribution in [0.4, 0.5) is 5.95 Å². The Labute approximate surface area is 183 Å². The third-order valence-electron chi connectivity index (χ3n) is 5.88. The molecular formula is C23H31N5O3. The van der Waals surface area contributed by atoms with E-state index in [1.54, 1.807) is 7.11 Å². The fourth-order valence-electron chi connectivity index (χ4n) is 4.11. The molecule has 0 unspecified atom stereocenters. The molecular weight excluding hydrogens is 394 g/mol. The minimum absolute atomic E-state index is 0.213. The first-order chi connectivity index (χ1) is 15.0. The lowest BCUT2D eigenvalue weighted by Crippen LogP contribution is -2.45. The van der Waals surface area contributed by atoms with Crippen LogP contribution in [0.15, 0.2) is 30.5 Å². The van der Waals surface area contributed by atoms with Crippen molar-refractivity contribution in [1.29, 1.82) is 0 Å². The van der Waals surface area contributed by atoms with Gasteiger partial charge in [-0.3, -0.25) is 9.69 Å². The molecule has 2 aromatic rings. The van der Waals surface area contributed by atoms with Crippen LogP contribution in [-0.2, 0) is 9.53 Å². The number of rotatable bonds is 6. The number of ether oxygens (including phenoxy) is 2. The van der Waals surface area contributed by atoms with Crippen LogP contribution in [0.5, 0.6) is 5.75 Å². The number of anilines is 1. The van der Waals surface area contributed by atoms with Gasteiger partial charge in [-0.15, -0.1) is 0 Å². The minimum atomic E-state index is -0.223. The van der Waals surface area contributed by atoms with Gasteiger partial charge in [0.15, 0.2) is 0 Å². The quantitative estimate of drug-likeness (QED) is 0.703. The Bertz CT molecular complexity index is 897. The van der Waals surface area contributed by atoms with Crippen LogP contribution in [0.3, 0.4) is 0 Å². The third kappa shape index (κ3) is 4.97. The Hall–Kier alpha value is -2.71. The number of benzene rings is 1. The summed E-state index contributed by atoms with van der Waals surface area (Å²) in [7, 11) is 5.51. The fraction of sp³-hybridized carbons (Fsp3) is 0.522. The van der Waals surface area contributed by atoms with Crippen molar-refractivity contribution in [2.75, 3.05) is 65.4 Å². The first-order valence-corrected chi connectivity index (χ1v) is 10.9. The average Bonchev–Trinajstić information content (AvgIpc) is 3.34. The number of hydrogen-bond acceptors (Lipinski definition) is 7. The molecule has 0 bridgehead atoms. The summed E-state index contributed by atoms with van der Waals surface area (Å²) in [5.41, 5.74) is 2.79. The zero-order valence-corrected chi connectivity index (χ0v) is 18.6. The molecule has 2 aliphatic heterocycles. The summed E-state index contributed by atoms with van der Waals surface area (Å²) in [5, 5.41) is 0. The molecule has 0 saturated carbocycles. The SMILES string of the molecule is COc1ccc(-c2cnc(N(C)C)nc2[C@@H]2CN(CC(=O)N3CCCC3)CCO2)cc1. The van der Waals surface area contributed by atoms with Crippen molar-refractivity contribution in [2.24, 2.45) is 0 Å². The van der Waals surface area contributed by atoms with E-state index in [2.05, 4.69) is 9.88 Å². The topological polar surface area (TPSA) is 71.0 Å². The Balaban J connectivity index is 1.58. The molecule has 4 rings (SSSR count). The van der Waals surface area contributed by atoms with E-state index in [1.807, 2.05) is 54.4 Å². The van der Waals surface area contributed by atoms with Crippen molar-refractivity contribution in [2.45, 2.75) is 18.9 Å². The lowest BCUT2D eigenvalue weighted by Gasteiger charge is -2.34. The monoisotopic (exact) mass is 425 g/mol. The number of amides is 1. The van der Waals surface area contributed by atoms with Gasteiger partial charge in [0, 0.05) is 52.0 Å². The maximum absolute atomic E-state index is 12.6. The smallest absolute Gasteiger partial charge is 0.236 e. The molecule has 1 atom stereocenters. The molecule has 2 fully saturated rings. The molecule has 0 radical (unpaired) electrons. The Morgan fingerprint density at radius 3 is 2.61 bits per heavy atom. The number of carbonyl (C=O) groups is 1. The van der Waals surface area contributed by atoms with Crippen LogP contribution in [0.1, 0.15) is 24.6 Å². The first-order valence-electron chi connectivity index (χ1n) is 10.9. The number of carbonyl (C=O) groups excluding carboxylic acids is 1. The van der Waals surface area contributed by atoms with Gasteiger partial charge in [0.2, 0.25) is 11.9 Å². The van der Waals surface area contributed by atoms with E-state index < -0.39 is 0 Å². The van der Waals surface area contributed by atoms with Gasteiger partial charge < -0.3 is 19.3 Å². The van der Waals surface area contributed by atoms with Gasteiger partial charge in [0.25, 0.3) is 0 Å². The van der Waals surface area contributed by atoms with Crippen LogP contribution < -0.4 is 9.64 Å². The lowest BCUT2D eigenvalue weighted by atomic mass is 10.0. The third-order valence-corrected chi connectivity index (χ3v) is 5.88. The van der Waals surface area contributed by atoms with Crippen molar-refractivity contribution in [3.05, 3.63) is 36.2 Å². The lowest BCUT2D eigenvalue weighted by molar-refractivity contribution is -0.133. The maximum Gasteiger partial charge on any atom is 0.236 e. The maximum atomic E-state index is 12.6. The summed E-state index contributed by atoms with van der Waals surface area (Å²) < 4.78 is 11.4. The van der Waals surface area contributed by atoms with E-state index in [-0.39, 0.29) is 12.0 Å². The molecule has 0 aliphatic carbocycles. The highest BCUT2D eigenvalue weighted by Crippen LogP contribution is 2.32. The Morgan fingerprint density at radius 1 is 1.19 bits per heavy atom. The summed E-state index contributed by atoms with van der Waals surface area (Å²) in [6.45, 7) is 4.15. The normalized spacial score (nSPS) is 19.5. The zero-order valence-electron chi connectivity index (χ0n) is 18.6. The summed E-state index contributed by atoms with van der Waals surface area (Å²) in [6, 6.07) is 7.88. The zero-order chi connectivity index (χ0) is 21.8. The number of aromatic nitrogens is 2. The molecule has 8 nitrogen and oxygen atoms in total. The number of methoxy groups -OCH3 is 1. The second-order valence-corrected chi connectivity index (χ2v) is 8.27. The standard InChI is InChI=1S/C23H31N5O3/c1-26(2)23-24-14-19(17-6-8-18(30-3)9-7-17)22(25-23)20-15-27(12-13-31-20)16-21(29)28-10-4-5-11-28/h6-9,14,20H,4-5,10-13,15-16H2,1-3H3/t20-/m0/s1. The predicted molar refractivity (Wildman–Crippen MR) is 119 cm³/mol. The largest absolute Gasteiger partial charge is 0.497 e. The molecule has 166 valence electrons. The molecule has 31 heavy (non-hydrogen) atoms. The van der Waals surface area contributed by atoms with Crippen LogP contribution >= 0.6 is 0 Å². The molecule has 3 heterocycles. The fourth-order valence-corrected chi connectivity index (χ4v) is 4.11. The van der Waals surface area contributed by atoms with Crippen molar-refractivity contribution in [1.82, 2.24) is 19.8 Å². The van der Waals surface area contributed by atoms with E-state index >= 15 is 0 Å². The summed E-state index contributed by atoms with van der Waals surface area (Å²) in [6.07, 6.45) is 3.85. The average molecular weight is 426 g/mol. The van der Waals surface area contributed by atoms with E-state index in [0.717, 1.165) is 55.0 Å². The molecule has 0 N–H and O–H groups in total. The van der Waals surface area contributed by atoms with E-state index in [0.29, 0.717) is 25.6 Å². The van der Waals surface area contributed by atoms with Crippen molar-refractivity contribution in [3.63, 3.8) is 0 Å². The highest BCUT2D eigenvalue weighted by Gasteiger charge is 2.29. The molecule has 8 heteroatoms. The summed E-state index contributed by atoms with van der Waals surface area (Å²) in [4.78, 5) is 28.1. The second-order valence-electron chi connectivity index (χ2n) is 8.27. The second kappa shape index (κ2) is 9.62. The van der Waals surface area contributed by atoms with Gasteiger partial charge in [0.05, 0.1) is 26.0 Å². The van der Waals surface area contributed by atoms with Gasteiger partial charge in [0.1, 0.15) is 11.9 Å². The highest BCUT2D eigenvalue weighted by atomic mass is 16.5. The van der Waals surface area contributed by atoms with Crippen LogP contribution in [0.25, 0.3) is 11.1 Å². The molecule has 0 spiro atoms. The van der Waals surface area contributed by atoms with Crippen molar-refractivity contribution < 1.29 is 14.3 Å². The highest BCUT2D eigenvalue weighted by molar-refractivity contribution is 5.78. The van der Waals surface area contributed by atoms with Gasteiger partial charge in [-0.1, -0.05) is 12.1 Å².